The standard InChI is InChI=1S/C12H16IN3O3/c1-2-5-16(7-11(14)15-19)12(18)8-3-4-9(13)10(17)6-8/h3-4,6,17,19H,2,5,7H2,1H3,(H2,14,15). The Bertz CT molecular complexity index is 491. The Morgan fingerprint density at radius 2 is 2.21 bits per heavy atom. The van der Waals surface area contributed by atoms with Gasteiger partial charge in [0.2, 0.25) is 0 Å². The second-order valence-electron chi connectivity index (χ2n) is 3.98. The highest BCUT2D eigenvalue weighted by Crippen LogP contribution is 2.21. The summed E-state index contributed by atoms with van der Waals surface area (Å²) in [7, 11) is 0. The fraction of sp³-hybridized carbons (Fsp3) is 0.333. The molecule has 0 aliphatic rings. The number of carbonyl (C=O) groups is 1. The van der Waals surface area contributed by atoms with Gasteiger partial charge in [0.05, 0.1) is 10.1 Å². The summed E-state index contributed by atoms with van der Waals surface area (Å²) in [6.45, 7) is 2.47. The molecule has 0 aliphatic carbocycles. The minimum absolute atomic E-state index is 0.0310. The summed E-state index contributed by atoms with van der Waals surface area (Å²) in [6, 6.07) is 4.72. The van der Waals surface area contributed by atoms with E-state index in [-0.39, 0.29) is 24.0 Å². The number of oxime groups is 1. The quantitative estimate of drug-likeness (QED) is 0.239. The number of nitrogens with two attached hydrogens (primary N) is 1. The van der Waals surface area contributed by atoms with E-state index in [1.165, 1.54) is 11.0 Å². The summed E-state index contributed by atoms with van der Waals surface area (Å²) in [5, 5.41) is 21.1. The molecule has 0 radical (unpaired) electrons. The number of hydrogen-bond acceptors (Lipinski definition) is 4. The molecule has 1 aromatic carbocycles. The highest BCUT2D eigenvalue weighted by molar-refractivity contribution is 14.1. The lowest BCUT2D eigenvalue weighted by atomic mass is 10.2. The molecule has 1 rings (SSSR count). The van der Waals surface area contributed by atoms with Crippen LogP contribution in [0.2, 0.25) is 0 Å². The van der Waals surface area contributed by atoms with E-state index in [9.17, 15) is 9.90 Å². The molecule has 0 aromatic heterocycles. The summed E-state index contributed by atoms with van der Waals surface area (Å²) in [5.74, 6) is -0.233. The number of carbonyl (C=O) groups excluding carboxylic acids is 1. The number of amidine groups is 1. The van der Waals surface area contributed by atoms with Gasteiger partial charge in [0.1, 0.15) is 5.75 Å². The molecule has 0 fully saturated rings. The average molecular weight is 377 g/mol. The number of phenolic OH excluding ortho intramolecular Hbond substituents is 1. The van der Waals surface area contributed by atoms with Gasteiger partial charge in [-0.15, -0.1) is 0 Å². The molecular formula is C12H16IN3O3. The molecule has 0 spiro atoms. The van der Waals surface area contributed by atoms with E-state index in [2.05, 4.69) is 5.16 Å². The highest BCUT2D eigenvalue weighted by atomic mass is 127. The van der Waals surface area contributed by atoms with Crippen molar-refractivity contribution in [2.24, 2.45) is 10.9 Å². The van der Waals surface area contributed by atoms with Gasteiger partial charge in [0.25, 0.3) is 5.91 Å². The van der Waals surface area contributed by atoms with Crippen LogP contribution in [0.1, 0.15) is 23.7 Å². The number of phenols is 1. The molecule has 4 N–H and O–H groups in total. The third-order valence-corrected chi connectivity index (χ3v) is 3.37. The lowest BCUT2D eigenvalue weighted by Gasteiger charge is -2.21. The topological polar surface area (TPSA) is 99.1 Å². The normalized spacial score (nSPS) is 11.4. The number of hydrogen-bond donors (Lipinski definition) is 3. The molecular weight excluding hydrogens is 361 g/mol. The number of halogens is 1. The van der Waals surface area contributed by atoms with Crippen molar-refractivity contribution >= 4 is 34.3 Å². The minimum Gasteiger partial charge on any atom is -0.507 e. The molecule has 104 valence electrons. The molecule has 0 atom stereocenters. The first kappa shape index (κ1) is 15.5. The first-order chi connectivity index (χ1) is 8.99. The monoisotopic (exact) mass is 377 g/mol. The van der Waals surface area contributed by atoms with E-state index in [4.69, 9.17) is 10.9 Å². The highest BCUT2D eigenvalue weighted by Gasteiger charge is 2.17. The number of rotatable bonds is 5. The molecule has 0 aliphatic heterocycles. The zero-order valence-electron chi connectivity index (χ0n) is 10.5. The van der Waals surface area contributed by atoms with Gasteiger partial charge in [0.15, 0.2) is 5.84 Å². The lowest BCUT2D eigenvalue weighted by Crippen LogP contribution is -2.39. The van der Waals surface area contributed by atoms with Crippen LogP contribution in [0.5, 0.6) is 5.75 Å². The van der Waals surface area contributed by atoms with Gasteiger partial charge in [-0.1, -0.05) is 12.1 Å². The second kappa shape index (κ2) is 7.17. The first-order valence-corrected chi connectivity index (χ1v) is 6.81. The Hall–Kier alpha value is -1.51. The van der Waals surface area contributed by atoms with Crippen molar-refractivity contribution in [2.45, 2.75) is 13.3 Å². The van der Waals surface area contributed by atoms with Crippen molar-refractivity contribution in [3.8, 4) is 5.75 Å². The van der Waals surface area contributed by atoms with Crippen LogP contribution in [0.4, 0.5) is 0 Å². The third-order valence-electron chi connectivity index (χ3n) is 2.46. The molecule has 6 nitrogen and oxygen atoms in total. The van der Waals surface area contributed by atoms with Crippen LogP contribution in [-0.4, -0.2) is 40.0 Å². The Morgan fingerprint density at radius 3 is 2.74 bits per heavy atom. The predicted molar refractivity (Wildman–Crippen MR) is 80.4 cm³/mol. The zero-order chi connectivity index (χ0) is 14.4. The predicted octanol–water partition coefficient (Wildman–Crippen LogP) is 1.60. The number of benzene rings is 1. The maximum atomic E-state index is 12.3. The Balaban J connectivity index is 2.95. The number of nitrogens with zero attached hydrogens (tertiary/aromatic N) is 2. The molecule has 0 saturated carbocycles. The van der Waals surface area contributed by atoms with E-state index < -0.39 is 0 Å². The number of amides is 1. The lowest BCUT2D eigenvalue weighted by molar-refractivity contribution is 0.0778. The average Bonchev–Trinajstić information content (AvgIpc) is 2.40. The smallest absolute Gasteiger partial charge is 0.254 e. The summed E-state index contributed by atoms with van der Waals surface area (Å²) < 4.78 is 0.674. The summed E-state index contributed by atoms with van der Waals surface area (Å²) in [5.41, 5.74) is 5.80. The van der Waals surface area contributed by atoms with E-state index in [1.807, 2.05) is 29.5 Å². The Kier molecular flexibility index (Phi) is 5.87. The van der Waals surface area contributed by atoms with Gasteiger partial charge < -0.3 is 20.9 Å². The molecule has 1 amide bonds. The van der Waals surface area contributed by atoms with Crippen LogP contribution >= 0.6 is 22.6 Å². The largest absolute Gasteiger partial charge is 0.507 e. The van der Waals surface area contributed by atoms with Crippen LogP contribution in [0.25, 0.3) is 0 Å². The molecule has 0 heterocycles. The van der Waals surface area contributed by atoms with Gasteiger partial charge >= 0.3 is 0 Å². The van der Waals surface area contributed by atoms with Gasteiger partial charge in [-0.2, -0.15) is 0 Å². The zero-order valence-corrected chi connectivity index (χ0v) is 12.7. The minimum atomic E-state index is -0.264. The SMILES string of the molecule is CCCN(C/C(N)=N/O)C(=O)c1ccc(I)c(O)c1. The number of aromatic hydroxyl groups is 1. The van der Waals surface area contributed by atoms with Crippen LogP contribution < -0.4 is 5.73 Å². The van der Waals surface area contributed by atoms with Crippen LogP contribution in [0.3, 0.4) is 0 Å². The maximum Gasteiger partial charge on any atom is 0.254 e. The van der Waals surface area contributed by atoms with Gasteiger partial charge in [-0.25, -0.2) is 0 Å². The van der Waals surface area contributed by atoms with Crippen LogP contribution in [0.15, 0.2) is 23.4 Å². The first-order valence-electron chi connectivity index (χ1n) is 5.73. The molecule has 0 bridgehead atoms. The molecule has 1 aromatic rings. The molecule has 0 saturated heterocycles. The third kappa shape index (κ3) is 4.27. The molecule has 19 heavy (non-hydrogen) atoms. The second-order valence-corrected chi connectivity index (χ2v) is 5.15. The van der Waals surface area contributed by atoms with Crippen molar-refractivity contribution in [1.29, 1.82) is 0 Å². The summed E-state index contributed by atoms with van der Waals surface area (Å²) in [6.07, 6.45) is 0.751. The van der Waals surface area contributed by atoms with Gasteiger partial charge in [-0.3, -0.25) is 4.79 Å². The summed E-state index contributed by atoms with van der Waals surface area (Å²) in [4.78, 5) is 13.7. The molecule has 7 heteroatoms. The van der Waals surface area contributed by atoms with Crippen LogP contribution in [-0.2, 0) is 0 Å². The fourth-order valence-corrected chi connectivity index (χ4v) is 1.91. The fourth-order valence-electron chi connectivity index (χ4n) is 1.58. The summed E-state index contributed by atoms with van der Waals surface area (Å²) >= 11 is 1.98. The van der Waals surface area contributed by atoms with Crippen molar-refractivity contribution in [3.63, 3.8) is 0 Å². The van der Waals surface area contributed by atoms with E-state index in [1.54, 1.807) is 12.1 Å². The van der Waals surface area contributed by atoms with Crippen molar-refractivity contribution < 1.29 is 15.1 Å². The van der Waals surface area contributed by atoms with Crippen LogP contribution in [0, 0.1) is 3.57 Å². The van der Waals surface area contributed by atoms with Crippen molar-refractivity contribution in [2.75, 3.05) is 13.1 Å². The van der Waals surface area contributed by atoms with Gasteiger partial charge in [0, 0.05) is 12.1 Å². The van der Waals surface area contributed by atoms with E-state index >= 15 is 0 Å². The Labute approximate surface area is 125 Å². The maximum absolute atomic E-state index is 12.3. The van der Waals surface area contributed by atoms with Gasteiger partial charge in [-0.05, 0) is 47.2 Å². The van der Waals surface area contributed by atoms with Crippen molar-refractivity contribution in [1.82, 2.24) is 4.90 Å². The molecule has 0 unspecified atom stereocenters. The van der Waals surface area contributed by atoms with Crippen molar-refractivity contribution in [3.05, 3.63) is 27.3 Å². The van der Waals surface area contributed by atoms with E-state index in [0.29, 0.717) is 15.7 Å². The Morgan fingerprint density at radius 1 is 1.53 bits per heavy atom. The van der Waals surface area contributed by atoms with E-state index in [0.717, 1.165) is 6.42 Å².